The zero-order chi connectivity index (χ0) is 41.8. The molecule has 7 atom stereocenters. The van der Waals surface area contributed by atoms with Crippen LogP contribution in [0.15, 0.2) is 101 Å². The van der Waals surface area contributed by atoms with Gasteiger partial charge in [-0.3, -0.25) is 27.9 Å². The van der Waals surface area contributed by atoms with E-state index in [0.717, 1.165) is 21.3 Å². The highest BCUT2D eigenvalue weighted by atomic mass is 33.1. The van der Waals surface area contributed by atoms with Crippen LogP contribution in [0.3, 0.4) is 0 Å². The van der Waals surface area contributed by atoms with Gasteiger partial charge in [0.05, 0.1) is 46.0 Å². The van der Waals surface area contributed by atoms with Gasteiger partial charge in [-0.25, -0.2) is 9.36 Å². The fourth-order valence-corrected chi connectivity index (χ4v) is 10.9. The van der Waals surface area contributed by atoms with Crippen LogP contribution in [0, 0.1) is 23.7 Å². The molecule has 0 spiro atoms. The summed E-state index contributed by atoms with van der Waals surface area (Å²) in [6.07, 6.45) is 0.471. The Labute approximate surface area is 349 Å². The fourth-order valence-electron chi connectivity index (χ4n) is 6.81. The minimum atomic E-state index is -4.61. The van der Waals surface area contributed by atoms with E-state index in [1.807, 2.05) is 84.9 Å². The van der Waals surface area contributed by atoms with Gasteiger partial charge in [-0.05, 0) is 41.0 Å². The highest BCUT2D eigenvalue weighted by molar-refractivity contribution is 8.76. The van der Waals surface area contributed by atoms with E-state index in [0.29, 0.717) is 23.0 Å². The second-order valence-corrected chi connectivity index (χ2v) is 17.2. The van der Waals surface area contributed by atoms with Gasteiger partial charge in [-0.2, -0.15) is 5.26 Å². The molecule has 3 heterocycles. The SMILES string of the molecule is C#CCO[C@@H]1CSSC[C@H]1OP(=O)(OCCC#N)OC1C(COC(c2ccccc2)(c2ccc(OC)cc2)c2ccc(OC)cc2)O[C@@H](n2ccc(=O)[nH]c2=O)[C@@H]1OC. The van der Waals surface area contributed by atoms with Crippen molar-refractivity contribution >= 4 is 29.4 Å². The van der Waals surface area contributed by atoms with E-state index >= 15 is 0 Å². The van der Waals surface area contributed by atoms with Gasteiger partial charge < -0.3 is 28.4 Å². The van der Waals surface area contributed by atoms with Crippen LogP contribution >= 0.6 is 29.4 Å². The number of ether oxygens (including phenoxy) is 6. The zero-order valence-corrected chi connectivity index (χ0v) is 35.0. The summed E-state index contributed by atoms with van der Waals surface area (Å²) in [5.74, 6) is 4.54. The number of hydrogen-bond acceptors (Lipinski definition) is 15. The van der Waals surface area contributed by atoms with Crippen LogP contribution in [-0.2, 0) is 42.7 Å². The molecular formula is C41H44N3O12PS2. The number of aromatic amines is 1. The minimum Gasteiger partial charge on any atom is -0.497 e. The molecule has 1 N–H and O–H groups in total. The number of phosphoric ester groups is 1. The molecule has 6 rings (SSSR count). The largest absolute Gasteiger partial charge is 0.497 e. The molecule has 3 aromatic carbocycles. The first-order valence-corrected chi connectivity index (χ1v) is 22.4. The van der Waals surface area contributed by atoms with Crippen molar-refractivity contribution in [1.82, 2.24) is 9.55 Å². The van der Waals surface area contributed by atoms with Crippen molar-refractivity contribution in [2.24, 2.45) is 0 Å². The summed E-state index contributed by atoms with van der Waals surface area (Å²) in [5, 5.41) is 9.35. The number of H-pyrrole nitrogens is 1. The Morgan fingerprint density at radius 3 is 2.08 bits per heavy atom. The molecule has 18 heteroatoms. The van der Waals surface area contributed by atoms with Crippen LogP contribution in [0.1, 0.15) is 29.3 Å². The topological polar surface area (TPSA) is 179 Å². The first-order valence-electron chi connectivity index (χ1n) is 18.4. The summed E-state index contributed by atoms with van der Waals surface area (Å²) in [4.78, 5) is 27.6. The number of rotatable bonds is 19. The molecule has 0 aliphatic carbocycles. The average molecular weight is 866 g/mol. The fraction of sp³-hybridized carbons (Fsp3) is 0.390. The lowest BCUT2D eigenvalue weighted by atomic mass is 9.80. The minimum absolute atomic E-state index is 0.00101. The van der Waals surface area contributed by atoms with Gasteiger partial charge in [0.2, 0.25) is 0 Å². The molecular weight excluding hydrogens is 822 g/mol. The number of methoxy groups -OCH3 is 3. The summed E-state index contributed by atoms with van der Waals surface area (Å²) < 4.78 is 71.0. The highest BCUT2D eigenvalue weighted by Crippen LogP contribution is 2.56. The first-order chi connectivity index (χ1) is 28.7. The third-order valence-electron chi connectivity index (χ3n) is 9.64. The van der Waals surface area contributed by atoms with Crippen molar-refractivity contribution in [3.05, 3.63) is 129 Å². The smallest absolute Gasteiger partial charge is 0.475 e. The van der Waals surface area contributed by atoms with Crippen LogP contribution in [-0.4, -0.2) is 92.7 Å². The van der Waals surface area contributed by atoms with Gasteiger partial charge in [0.15, 0.2) is 6.23 Å². The lowest BCUT2D eigenvalue weighted by molar-refractivity contribution is -0.0977. The molecule has 0 radical (unpaired) electrons. The summed E-state index contributed by atoms with van der Waals surface area (Å²) in [6.45, 7) is -0.549. The van der Waals surface area contributed by atoms with Crippen molar-refractivity contribution in [3.8, 4) is 29.9 Å². The number of nitriles is 1. The van der Waals surface area contributed by atoms with Crippen LogP contribution in [0.4, 0.5) is 0 Å². The van der Waals surface area contributed by atoms with E-state index in [9.17, 15) is 19.4 Å². The molecule has 0 amide bonds. The van der Waals surface area contributed by atoms with Gasteiger partial charge in [-0.15, -0.1) is 6.42 Å². The number of aromatic nitrogens is 2. The third kappa shape index (κ3) is 10.3. The molecule has 4 aromatic rings. The van der Waals surface area contributed by atoms with Gasteiger partial charge >= 0.3 is 13.5 Å². The Bertz CT molecular complexity index is 2180. The van der Waals surface area contributed by atoms with Gasteiger partial charge in [-0.1, -0.05) is 82.1 Å². The Balaban J connectivity index is 1.45. The predicted octanol–water partition coefficient (Wildman–Crippen LogP) is 5.70. The average Bonchev–Trinajstić information content (AvgIpc) is 3.60. The molecule has 1 aromatic heterocycles. The lowest BCUT2D eigenvalue weighted by Crippen LogP contribution is -2.42. The van der Waals surface area contributed by atoms with Crippen molar-refractivity contribution in [2.45, 2.75) is 48.8 Å². The van der Waals surface area contributed by atoms with Crippen molar-refractivity contribution in [3.63, 3.8) is 0 Å². The Kier molecular flexibility index (Phi) is 15.5. The van der Waals surface area contributed by atoms with Gasteiger partial charge in [0.25, 0.3) is 5.56 Å². The molecule has 2 saturated heterocycles. The molecule has 2 fully saturated rings. The van der Waals surface area contributed by atoms with Gasteiger partial charge in [0.1, 0.15) is 48.1 Å². The lowest BCUT2D eigenvalue weighted by Gasteiger charge is -2.37. The monoisotopic (exact) mass is 865 g/mol. The maximum Gasteiger partial charge on any atom is 0.475 e. The number of hydrogen-bond donors (Lipinski definition) is 1. The molecule has 59 heavy (non-hydrogen) atoms. The molecule has 0 saturated carbocycles. The van der Waals surface area contributed by atoms with E-state index in [1.54, 1.807) is 25.0 Å². The van der Waals surface area contributed by atoms with Crippen molar-refractivity contribution < 1.29 is 46.6 Å². The van der Waals surface area contributed by atoms with Crippen LogP contribution in [0.5, 0.6) is 11.5 Å². The van der Waals surface area contributed by atoms with Crippen molar-refractivity contribution in [2.75, 3.05) is 52.7 Å². The number of phosphoric acid groups is 1. The quantitative estimate of drug-likeness (QED) is 0.0399. The summed E-state index contributed by atoms with van der Waals surface area (Å²) in [7, 11) is 2.96. The summed E-state index contributed by atoms with van der Waals surface area (Å²) in [6, 6.07) is 27.6. The number of nitrogens with zero attached hydrogens (tertiary/aromatic N) is 2. The summed E-state index contributed by atoms with van der Waals surface area (Å²) in [5.41, 5.74) is -0.517. The Morgan fingerprint density at radius 1 is 0.881 bits per heavy atom. The maximum atomic E-state index is 14.9. The number of benzene rings is 3. The standard InChI is InChI=1S/C41H44N3O12PS2/c1-5-23-51-34-26-58-59-27-35(34)55-57(47,53-24-9-21-42)56-37-33(54-39(38(37)50-4)44-22-20-36(45)43-40(44)46)25-52-41(28-10-7-6-8-11-28,29-12-16-31(48-2)17-13-29)30-14-18-32(49-3)19-15-30/h1,6-8,10-20,22,33-35,37-39H,9,23-27H2,2-4H3,(H,43,45,46)/t33?,34-,35-,37?,38-,39-,57?/m1/s1. The predicted molar refractivity (Wildman–Crippen MR) is 221 cm³/mol. The van der Waals surface area contributed by atoms with E-state index in [2.05, 4.69) is 10.9 Å². The van der Waals surface area contributed by atoms with Crippen LogP contribution in [0.2, 0.25) is 0 Å². The van der Waals surface area contributed by atoms with Crippen molar-refractivity contribution in [1.29, 1.82) is 5.26 Å². The zero-order valence-electron chi connectivity index (χ0n) is 32.5. The summed E-state index contributed by atoms with van der Waals surface area (Å²) >= 11 is 0. The normalized spacial score (nSPS) is 22.8. The second kappa shape index (κ2) is 20.7. The highest BCUT2D eigenvalue weighted by Gasteiger charge is 2.53. The molecule has 0 bridgehead atoms. The third-order valence-corrected chi connectivity index (χ3v) is 13.6. The van der Waals surface area contributed by atoms with Crippen LogP contribution in [0.25, 0.3) is 0 Å². The second-order valence-electron chi connectivity index (χ2n) is 13.1. The number of terminal acetylenes is 1. The van der Waals surface area contributed by atoms with E-state index < -0.39 is 61.4 Å². The first kappa shape index (κ1) is 44.2. The Morgan fingerprint density at radius 2 is 1.51 bits per heavy atom. The maximum absolute atomic E-state index is 14.9. The molecule has 3 unspecified atom stereocenters. The molecule has 312 valence electrons. The molecule has 15 nitrogen and oxygen atoms in total. The van der Waals surface area contributed by atoms with Crippen LogP contribution < -0.4 is 20.7 Å². The van der Waals surface area contributed by atoms with E-state index in [-0.39, 0.29) is 26.2 Å². The number of nitrogens with one attached hydrogen (secondary N) is 1. The van der Waals surface area contributed by atoms with E-state index in [4.69, 9.17) is 48.4 Å². The molecule has 2 aliphatic rings. The van der Waals surface area contributed by atoms with Gasteiger partial charge in [0, 0.05) is 30.9 Å². The Hall–Kier alpha value is -4.36. The molecule has 2 aliphatic heterocycles. The van der Waals surface area contributed by atoms with E-state index in [1.165, 1.54) is 30.2 Å².